The summed E-state index contributed by atoms with van der Waals surface area (Å²) >= 11 is 0. The predicted octanol–water partition coefficient (Wildman–Crippen LogP) is 2.83. The summed E-state index contributed by atoms with van der Waals surface area (Å²) in [6.07, 6.45) is 2.50. The highest BCUT2D eigenvalue weighted by atomic mass is 16.5. The number of nitrogens with one attached hydrogen (secondary N) is 1. The Balaban J connectivity index is 1.44. The van der Waals surface area contributed by atoms with Gasteiger partial charge in [0, 0.05) is 37.2 Å². The molecule has 2 aromatic carbocycles. The number of hydrogen-bond acceptors (Lipinski definition) is 3. The van der Waals surface area contributed by atoms with E-state index in [9.17, 15) is 9.59 Å². The Kier molecular flexibility index (Phi) is 4.77. The van der Waals surface area contributed by atoms with Crippen LogP contribution in [-0.2, 0) is 17.8 Å². The molecule has 6 nitrogen and oxygen atoms in total. The number of aromatic nitrogens is 1. The molecule has 0 fully saturated rings. The summed E-state index contributed by atoms with van der Waals surface area (Å²) in [6.45, 7) is 1.27. The Hall–Kier alpha value is -3.28. The summed E-state index contributed by atoms with van der Waals surface area (Å²) in [5.74, 6) is 0.632. The first kappa shape index (κ1) is 18.1. The van der Waals surface area contributed by atoms with Crippen LogP contribution in [0.2, 0.25) is 0 Å². The molecule has 0 saturated heterocycles. The summed E-state index contributed by atoms with van der Waals surface area (Å²) in [6, 6.07) is 13.6. The average molecular weight is 377 g/mol. The quantitative estimate of drug-likeness (QED) is 0.760. The number of benzene rings is 2. The van der Waals surface area contributed by atoms with E-state index < -0.39 is 0 Å². The van der Waals surface area contributed by atoms with Gasteiger partial charge >= 0.3 is 0 Å². The third kappa shape index (κ3) is 3.33. The van der Waals surface area contributed by atoms with Gasteiger partial charge in [0.1, 0.15) is 5.75 Å². The van der Waals surface area contributed by atoms with Gasteiger partial charge in [0.2, 0.25) is 5.91 Å². The Morgan fingerprint density at radius 2 is 2.00 bits per heavy atom. The lowest BCUT2D eigenvalue weighted by Crippen LogP contribution is -2.43. The van der Waals surface area contributed by atoms with E-state index >= 15 is 0 Å². The van der Waals surface area contributed by atoms with Gasteiger partial charge in [-0.05, 0) is 35.7 Å². The van der Waals surface area contributed by atoms with Crippen molar-refractivity contribution in [2.45, 2.75) is 13.0 Å². The smallest absolute Gasteiger partial charge is 0.256 e. The first-order chi connectivity index (χ1) is 13.6. The van der Waals surface area contributed by atoms with E-state index in [1.54, 1.807) is 20.4 Å². The molecule has 0 unspecified atom stereocenters. The van der Waals surface area contributed by atoms with E-state index in [4.69, 9.17) is 4.74 Å². The first-order valence-electron chi connectivity index (χ1n) is 9.32. The molecule has 2 amide bonds. The number of rotatable bonds is 4. The maximum Gasteiger partial charge on any atom is 0.256 e. The molecule has 28 heavy (non-hydrogen) atoms. The standard InChI is InChI=1S/C22H23N3O3/c1-24(22(27)19-12-23-20-6-4-3-5-18(19)20)14-21(26)25-10-9-15-11-17(28-2)8-7-16(15)13-25/h3-8,11-12,23H,9-10,13-14H2,1-2H3. The number of likely N-dealkylation sites (N-methyl/N-ethyl adjacent to an activating group) is 1. The molecule has 144 valence electrons. The monoisotopic (exact) mass is 377 g/mol. The number of H-pyrrole nitrogens is 1. The minimum absolute atomic E-state index is 0.0443. The number of amides is 2. The van der Waals surface area contributed by atoms with Crippen molar-refractivity contribution < 1.29 is 14.3 Å². The molecule has 2 heterocycles. The molecule has 0 saturated carbocycles. The third-order valence-electron chi connectivity index (χ3n) is 5.32. The lowest BCUT2D eigenvalue weighted by Gasteiger charge is -2.30. The van der Waals surface area contributed by atoms with Gasteiger partial charge in [-0.2, -0.15) is 0 Å². The van der Waals surface area contributed by atoms with Crippen LogP contribution in [0.3, 0.4) is 0 Å². The van der Waals surface area contributed by atoms with E-state index in [1.165, 1.54) is 10.5 Å². The number of nitrogens with zero attached hydrogens (tertiary/aromatic N) is 2. The van der Waals surface area contributed by atoms with Crippen LogP contribution in [0.4, 0.5) is 0 Å². The highest BCUT2D eigenvalue weighted by Gasteiger charge is 2.24. The van der Waals surface area contributed by atoms with Crippen molar-refractivity contribution in [2.24, 2.45) is 0 Å². The van der Waals surface area contributed by atoms with E-state index in [0.717, 1.165) is 28.6 Å². The van der Waals surface area contributed by atoms with Gasteiger partial charge in [-0.1, -0.05) is 24.3 Å². The van der Waals surface area contributed by atoms with Crippen LogP contribution in [0.5, 0.6) is 5.75 Å². The van der Waals surface area contributed by atoms with Crippen molar-refractivity contribution in [3.63, 3.8) is 0 Å². The zero-order valence-corrected chi connectivity index (χ0v) is 16.1. The molecule has 1 aliphatic heterocycles. The lowest BCUT2D eigenvalue weighted by atomic mass is 9.99. The number of para-hydroxylation sites is 1. The fourth-order valence-corrected chi connectivity index (χ4v) is 3.70. The fourth-order valence-electron chi connectivity index (χ4n) is 3.70. The molecule has 0 atom stereocenters. The number of methoxy groups -OCH3 is 1. The second-order valence-electron chi connectivity index (χ2n) is 7.11. The lowest BCUT2D eigenvalue weighted by molar-refractivity contribution is -0.132. The van der Waals surface area contributed by atoms with Gasteiger partial charge in [0.25, 0.3) is 5.91 Å². The van der Waals surface area contributed by atoms with E-state index in [0.29, 0.717) is 18.7 Å². The molecule has 6 heteroatoms. The van der Waals surface area contributed by atoms with Gasteiger partial charge in [-0.3, -0.25) is 9.59 Å². The molecule has 1 aliphatic rings. The summed E-state index contributed by atoms with van der Waals surface area (Å²) in [4.78, 5) is 32.0. The van der Waals surface area contributed by atoms with Crippen molar-refractivity contribution in [2.75, 3.05) is 27.2 Å². The second kappa shape index (κ2) is 7.38. The van der Waals surface area contributed by atoms with Crippen LogP contribution < -0.4 is 4.74 Å². The molecule has 1 N–H and O–H groups in total. The van der Waals surface area contributed by atoms with Gasteiger partial charge < -0.3 is 19.5 Å². The summed E-state index contributed by atoms with van der Waals surface area (Å²) in [5, 5.41) is 0.868. The van der Waals surface area contributed by atoms with Crippen molar-refractivity contribution in [3.8, 4) is 5.75 Å². The highest BCUT2D eigenvalue weighted by molar-refractivity contribution is 6.07. The van der Waals surface area contributed by atoms with Crippen molar-refractivity contribution in [3.05, 3.63) is 65.4 Å². The molecular formula is C22H23N3O3. The van der Waals surface area contributed by atoms with Gasteiger partial charge in [-0.15, -0.1) is 0 Å². The predicted molar refractivity (Wildman–Crippen MR) is 107 cm³/mol. The molecule has 1 aromatic heterocycles. The normalized spacial score (nSPS) is 13.3. The number of hydrogen-bond donors (Lipinski definition) is 1. The Morgan fingerprint density at radius 3 is 2.82 bits per heavy atom. The number of ether oxygens (including phenoxy) is 1. The van der Waals surface area contributed by atoms with Crippen LogP contribution in [-0.4, -0.2) is 53.8 Å². The van der Waals surface area contributed by atoms with Crippen LogP contribution in [0.25, 0.3) is 10.9 Å². The summed E-state index contributed by atoms with van der Waals surface area (Å²) in [7, 11) is 3.33. The van der Waals surface area contributed by atoms with E-state index in [1.807, 2.05) is 47.4 Å². The summed E-state index contributed by atoms with van der Waals surface area (Å²) in [5.41, 5.74) is 3.84. The molecule has 0 spiro atoms. The second-order valence-corrected chi connectivity index (χ2v) is 7.11. The minimum atomic E-state index is -0.159. The van der Waals surface area contributed by atoms with Crippen LogP contribution in [0.1, 0.15) is 21.5 Å². The van der Waals surface area contributed by atoms with Crippen molar-refractivity contribution in [1.82, 2.24) is 14.8 Å². The SMILES string of the molecule is COc1ccc2c(c1)CCN(C(=O)CN(C)C(=O)c1c[nH]c3ccccc13)C2. The zero-order chi connectivity index (χ0) is 19.7. The largest absolute Gasteiger partial charge is 0.497 e. The number of carbonyl (C=O) groups is 2. The van der Waals surface area contributed by atoms with Gasteiger partial charge in [-0.25, -0.2) is 0 Å². The van der Waals surface area contributed by atoms with E-state index in [-0.39, 0.29) is 18.4 Å². The van der Waals surface area contributed by atoms with Crippen LogP contribution >= 0.6 is 0 Å². The van der Waals surface area contributed by atoms with Crippen molar-refractivity contribution >= 4 is 22.7 Å². The average Bonchev–Trinajstić information content (AvgIpc) is 3.16. The zero-order valence-electron chi connectivity index (χ0n) is 16.1. The minimum Gasteiger partial charge on any atom is -0.497 e. The number of aromatic amines is 1. The van der Waals surface area contributed by atoms with E-state index in [2.05, 4.69) is 4.98 Å². The Morgan fingerprint density at radius 1 is 1.18 bits per heavy atom. The van der Waals surface area contributed by atoms with Gasteiger partial charge in [0.15, 0.2) is 0 Å². The molecule has 0 bridgehead atoms. The van der Waals surface area contributed by atoms with Crippen molar-refractivity contribution in [1.29, 1.82) is 0 Å². The van der Waals surface area contributed by atoms with Crippen LogP contribution in [0, 0.1) is 0 Å². The molecule has 4 rings (SSSR count). The Labute approximate surface area is 163 Å². The maximum absolute atomic E-state index is 12.8. The first-order valence-corrected chi connectivity index (χ1v) is 9.32. The topological polar surface area (TPSA) is 65.6 Å². The number of fused-ring (bicyclic) bond motifs is 2. The maximum atomic E-state index is 12.8. The fraction of sp³-hybridized carbons (Fsp3) is 0.273. The third-order valence-corrected chi connectivity index (χ3v) is 5.32. The molecular weight excluding hydrogens is 354 g/mol. The highest BCUT2D eigenvalue weighted by Crippen LogP contribution is 2.24. The summed E-state index contributed by atoms with van der Waals surface area (Å²) < 4.78 is 5.27. The Bertz CT molecular complexity index is 1040. The van der Waals surface area contributed by atoms with Gasteiger partial charge in [0.05, 0.1) is 19.2 Å². The molecule has 3 aromatic rings. The number of carbonyl (C=O) groups excluding carboxylic acids is 2. The van der Waals surface area contributed by atoms with Crippen LogP contribution in [0.15, 0.2) is 48.7 Å². The molecule has 0 radical (unpaired) electrons. The molecule has 0 aliphatic carbocycles.